The van der Waals surface area contributed by atoms with Gasteiger partial charge in [-0.3, -0.25) is 14.9 Å². The molecule has 0 bridgehead atoms. The molecule has 0 aliphatic carbocycles. The average molecular weight is 482 g/mol. The maximum Gasteiger partial charge on any atom is 0.326 e. The molecular formula is C19H23N5O6S2. The van der Waals surface area contributed by atoms with Gasteiger partial charge in [0.15, 0.2) is 5.96 Å². The van der Waals surface area contributed by atoms with Crippen molar-refractivity contribution < 1.29 is 27.9 Å². The monoisotopic (exact) mass is 481 g/mol. The highest BCUT2D eigenvalue weighted by Gasteiger charge is 2.25. The maximum absolute atomic E-state index is 12.8. The minimum Gasteiger partial charge on any atom is -0.493 e. The molecule has 2 aromatic rings. The molecule has 1 amide bonds. The molecule has 1 aromatic heterocycles. The van der Waals surface area contributed by atoms with Crippen LogP contribution in [0.15, 0.2) is 34.5 Å². The summed E-state index contributed by atoms with van der Waals surface area (Å²) in [5.41, 5.74) is 6.03. The number of carboxylic acid groups (broad SMARTS) is 1. The summed E-state index contributed by atoms with van der Waals surface area (Å²) in [5, 5.41) is 23.0. The molecule has 1 aliphatic heterocycles. The number of sulfonamides is 1. The predicted octanol–water partition coefficient (Wildman–Crippen LogP) is 0.930. The fourth-order valence-electron chi connectivity index (χ4n) is 3.11. The van der Waals surface area contributed by atoms with Gasteiger partial charge in [-0.05, 0) is 48.1 Å². The van der Waals surface area contributed by atoms with Crippen LogP contribution < -0.4 is 25.8 Å². The molecular weight excluding hydrogens is 458 g/mol. The molecule has 0 fully saturated rings. The lowest BCUT2D eigenvalue weighted by molar-refractivity contribution is -0.139. The number of anilines is 1. The minimum absolute atomic E-state index is 0.0423. The van der Waals surface area contributed by atoms with E-state index in [9.17, 15) is 23.1 Å². The fourth-order valence-corrected chi connectivity index (χ4v) is 5.05. The van der Waals surface area contributed by atoms with Gasteiger partial charge in [-0.1, -0.05) is 0 Å². The summed E-state index contributed by atoms with van der Waals surface area (Å²) >= 11 is 0.991. The first-order valence-corrected chi connectivity index (χ1v) is 12.0. The van der Waals surface area contributed by atoms with E-state index in [2.05, 4.69) is 15.4 Å². The first kappa shape index (κ1) is 23.3. The zero-order valence-electron chi connectivity index (χ0n) is 16.9. The van der Waals surface area contributed by atoms with Gasteiger partial charge in [0, 0.05) is 13.0 Å². The first-order chi connectivity index (χ1) is 15.2. The molecule has 1 aromatic carbocycles. The number of nitrogens with one attached hydrogen (secondary N) is 4. The van der Waals surface area contributed by atoms with E-state index in [1.54, 1.807) is 6.07 Å². The van der Waals surface area contributed by atoms with Gasteiger partial charge in [-0.2, -0.15) is 0 Å². The number of hydrogen-bond donors (Lipinski definition) is 6. The molecule has 3 rings (SSSR count). The molecule has 172 valence electrons. The number of benzene rings is 1. The van der Waals surface area contributed by atoms with E-state index in [1.165, 1.54) is 23.6 Å². The lowest BCUT2D eigenvalue weighted by Crippen LogP contribution is -2.41. The Hall–Kier alpha value is -3.32. The van der Waals surface area contributed by atoms with Crippen molar-refractivity contribution in [1.82, 2.24) is 10.6 Å². The SMILES string of the molecule is N=C(N)NCCC[C@H](NC(=O)c1sccc1NS(=O)(=O)c1ccc2c(c1)CCO2)C(=O)O. The van der Waals surface area contributed by atoms with Crippen LogP contribution in [-0.2, 0) is 21.2 Å². The largest absolute Gasteiger partial charge is 0.493 e. The van der Waals surface area contributed by atoms with Crippen molar-refractivity contribution >= 4 is 44.9 Å². The van der Waals surface area contributed by atoms with Crippen LogP contribution in [0.4, 0.5) is 5.69 Å². The lowest BCUT2D eigenvalue weighted by Gasteiger charge is -2.15. The van der Waals surface area contributed by atoms with Crippen LogP contribution >= 0.6 is 11.3 Å². The van der Waals surface area contributed by atoms with E-state index in [4.69, 9.17) is 15.9 Å². The average Bonchev–Trinajstić information content (AvgIpc) is 3.38. The predicted molar refractivity (Wildman–Crippen MR) is 119 cm³/mol. The summed E-state index contributed by atoms with van der Waals surface area (Å²) in [6.45, 7) is 0.779. The number of carboxylic acids is 1. The molecule has 13 heteroatoms. The van der Waals surface area contributed by atoms with Crippen molar-refractivity contribution in [3.63, 3.8) is 0 Å². The van der Waals surface area contributed by atoms with Crippen LogP contribution in [0.5, 0.6) is 5.75 Å². The first-order valence-electron chi connectivity index (χ1n) is 9.65. The Balaban J connectivity index is 1.69. The number of ether oxygens (including phenoxy) is 1. The molecule has 0 radical (unpaired) electrons. The quantitative estimate of drug-likeness (QED) is 0.164. The highest BCUT2D eigenvalue weighted by atomic mass is 32.2. The van der Waals surface area contributed by atoms with Crippen LogP contribution in [0.3, 0.4) is 0 Å². The van der Waals surface area contributed by atoms with Gasteiger partial charge in [0.25, 0.3) is 15.9 Å². The van der Waals surface area contributed by atoms with Gasteiger partial charge in [0.1, 0.15) is 16.7 Å². The number of carbonyl (C=O) groups excluding carboxylic acids is 1. The summed E-state index contributed by atoms with van der Waals surface area (Å²) in [4.78, 5) is 24.3. The van der Waals surface area contributed by atoms with Gasteiger partial charge in [0.05, 0.1) is 17.2 Å². The highest BCUT2D eigenvalue weighted by molar-refractivity contribution is 7.92. The second-order valence-electron chi connectivity index (χ2n) is 6.98. The molecule has 0 spiro atoms. The van der Waals surface area contributed by atoms with Crippen molar-refractivity contribution in [1.29, 1.82) is 5.41 Å². The van der Waals surface area contributed by atoms with Crippen LogP contribution in [0.25, 0.3) is 0 Å². The Morgan fingerprint density at radius 2 is 2.09 bits per heavy atom. The van der Waals surface area contributed by atoms with Gasteiger partial charge < -0.3 is 26.2 Å². The number of guanidine groups is 1. The molecule has 11 nitrogen and oxygen atoms in total. The second kappa shape index (κ2) is 9.87. The third kappa shape index (κ3) is 5.68. The van der Waals surface area contributed by atoms with Gasteiger partial charge in [-0.15, -0.1) is 11.3 Å². The molecule has 0 unspecified atom stereocenters. The Labute approximate surface area is 188 Å². The number of amides is 1. The Bertz CT molecular complexity index is 1130. The van der Waals surface area contributed by atoms with Crippen LogP contribution in [-0.4, -0.2) is 50.6 Å². The Morgan fingerprint density at radius 3 is 2.81 bits per heavy atom. The number of nitrogens with two attached hydrogens (primary N) is 1. The molecule has 1 aliphatic rings. The van der Waals surface area contributed by atoms with Gasteiger partial charge in [-0.25, -0.2) is 13.2 Å². The van der Waals surface area contributed by atoms with E-state index in [1.807, 2.05) is 0 Å². The van der Waals surface area contributed by atoms with Crippen molar-refractivity contribution in [2.75, 3.05) is 17.9 Å². The third-order valence-corrected chi connectivity index (χ3v) is 6.95. The second-order valence-corrected chi connectivity index (χ2v) is 9.58. The molecule has 32 heavy (non-hydrogen) atoms. The number of rotatable bonds is 10. The van der Waals surface area contributed by atoms with E-state index in [-0.39, 0.29) is 34.4 Å². The minimum atomic E-state index is -3.97. The molecule has 2 heterocycles. The number of carbonyl (C=O) groups is 2. The summed E-state index contributed by atoms with van der Waals surface area (Å²) in [6, 6.07) is 4.82. The van der Waals surface area contributed by atoms with Crippen molar-refractivity contribution in [3.05, 3.63) is 40.1 Å². The number of hydrogen-bond acceptors (Lipinski definition) is 7. The van der Waals surface area contributed by atoms with E-state index in [0.717, 1.165) is 16.9 Å². The van der Waals surface area contributed by atoms with Crippen molar-refractivity contribution in [3.8, 4) is 5.75 Å². The van der Waals surface area contributed by atoms with Gasteiger partial charge >= 0.3 is 5.97 Å². The van der Waals surface area contributed by atoms with Crippen LogP contribution in [0.2, 0.25) is 0 Å². The van der Waals surface area contributed by atoms with Crippen molar-refractivity contribution in [2.45, 2.75) is 30.2 Å². The zero-order valence-corrected chi connectivity index (χ0v) is 18.5. The summed E-state index contributed by atoms with van der Waals surface area (Å²) < 4.78 is 33.5. The zero-order chi connectivity index (χ0) is 23.3. The fraction of sp³-hybridized carbons (Fsp3) is 0.316. The van der Waals surface area contributed by atoms with E-state index in [0.29, 0.717) is 25.2 Å². The Morgan fingerprint density at radius 1 is 1.31 bits per heavy atom. The normalized spacial score (nSPS) is 13.5. The Kier molecular flexibility index (Phi) is 7.20. The standard InChI is InChI=1S/C19H23N5O6S2/c20-19(21)22-7-1-2-14(18(26)27)23-17(25)16-13(6-9-31-16)24-32(28,29)12-3-4-15-11(10-12)5-8-30-15/h3-4,6,9-10,14,24H,1-2,5,7-8H2,(H,23,25)(H,26,27)(H4,20,21,22)/t14-/m0/s1. The van der Waals surface area contributed by atoms with Crippen LogP contribution in [0, 0.1) is 5.41 Å². The summed E-state index contributed by atoms with van der Waals surface area (Å²) in [6.07, 6.45) is 1.07. The number of thiophene rings is 1. The van der Waals surface area contributed by atoms with Crippen LogP contribution in [0.1, 0.15) is 28.1 Å². The smallest absolute Gasteiger partial charge is 0.326 e. The molecule has 0 saturated heterocycles. The number of aliphatic carboxylic acids is 1. The summed E-state index contributed by atoms with van der Waals surface area (Å²) in [7, 11) is -3.97. The molecule has 7 N–H and O–H groups in total. The maximum atomic E-state index is 12.8. The highest BCUT2D eigenvalue weighted by Crippen LogP contribution is 2.30. The van der Waals surface area contributed by atoms with E-state index < -0.39 is 27.9 Å². The lowest BCUT2D eigenvalue weighted by atomic mass is 10.1. The number of fused-ring (bicyclic) bond motifs is 1. The van der Waals surface area contributed by atoms with E-state index >= 15 is 0 Å². The van der Waals surface area contributed by atoms with Gasteiger partial charge in [0.2, 0.25) is 0 Å². The van der Waals surface area contributed by atoms with Crippen molar-refractivity contribution in [2.24, 2.45) is 5.73 Å². The molecule has 0 saturated carbocycles. The molecule has 1 atom stereocenters. The third-order valence-electron chi connectivity index (χ3n) is 4.68. The topological polar surface area (TPSA) is 184 Å². The summed E-state index contributed by atoms with van der Waals surface area (Å²) in [5.74, 6) is -1.50.